The normalized spacial score (nSPS) is 11.9. The van der Waals surface area contributed by atoms with Crippen molar-refractivity contribution in [3.63, 3.8) is 0 Å². The Kier molecular flexibility index (Phi) is 76.6. The minimum Gasteiger partial charge on any atom is -0.379 e. The van der Waals surface area contributed by atoms with Crippen LogP contribution in [0.2, 0.25) is 0 Å². The molecule has 32 nitrogen and oxygen atoms in total. The number of carbonyl (C=O) groups excluding carboxylic acids is 3. The van der Waals surface area contributed by atoms with Crippen molar-refractivity contribution in [1.29, 1.82) is 0 Å². The molecule has 1 aliphatic heterocycles. The van der Waals surface area contributed by atoms with E-state index in [1.807, 2.05) is 48.5 Å². The predicted octanol–water partition coefficient (Wildman–Crippen LogP) is 4.57. The first-order valence-corrected chi connectivity index (χ1v) is 40.7. The van der Waals surface area contributed by atoms with Gasteiger partial charge < -0.3 is 139 Å². The Morgan fingerprint density at radius 1 is 0.265 bits per heavy atom. The maximum atomic E-state index is 13.4. The van der Waals surface area contributed by atoms with Gasteiger partial charge in [-0.25, -0.2) is 0 Å². The zero-order chi connectivity index (χ0) is 80.0. The van der Waals surface area contributed by atoms with E-state index in [1.165, 1.54) is 0 Å². The second-order valence-electron chi connectivity index (χ2n) is 24.4. The SMILES string of the molecule is O=C(CCOCCOCCOCCOCCOCCOCCOCCOCCOCCOCCOCCOCCOCCOCCOCCOCCOCCOCCOCCOCCOCCOCCOCCOCCNC(=O)CCC(=O)N1Cc2ccccc2C#Cc2ccccc21)NCCOCCOCCCCCCCl. The lowest BCUT2D eigenvalue weighted by Crippen LogP contribution is -2.34. The Morgan fingerprint density at radius 3 is 0.814 bits per heavy atom. The predicted molar refractivity (Wildman–Crippen MR) is 420 cm³/mol. The molecule has 2 aromatic carbocycles. The average molecular weight is 1640 g/mol. The van der Waals surface area contributed by atoms with Gasteiger partial charge in [0.15, 0.2) is 0 Å². The monoisotopic (exact) mass is 1640 g/mol. The van der Waals surface area contributed by atoms with Gasteiger partial charge in [0.05, 0.1) is 349 Å². The van der Waals surface area contributed by atoms with E-state index in [2.05, 4.69) is 22.5 Å². The van der Waals surface area contributed by atoms with Gasteiger partial charge in [-0.3, -0.25) is 14.4 Å². The molecule has 0 spiro atoms. The third-order valence-electron chi connectivity index (χ3n) is 15.5. The summed E-state index contributed by atoms with van der Waals surface area (Å²) < 4.78 is 144. The van der Waals surface area contributed by atoms with Crippen molar-refractivity contribution in [3.05, 3.63) is 65.2 Å². The Hall–Kier alpha value is -4.34. The van der Waals surface area contributed by atoms with Crippen molar-refractivity contribution in [2.75, 3.05) is 367 Å². The third kappa shape index (κ3) is 69.3. The molecule has 113 heavy (non-hydrogen) atoms. The number of unbranched alkanes of at least 4 members (excludes halogenated alkanes) is 3. The molecule has 652 valence electrons. The van der Waals surface area contributed by atoms with Crippen LogP contribution in [0.4, 0.5) is 5.69 Å². The number of carbonyl (C=O) groups is 3. The number of rotatable bonds is 90. The van der Waals surface area contributed by atoms with Crippen molar-refractivity contribution in [2.24, 2.45) is 0 Å². The minimum atomic E-state index is -0.208. The number of hydrogen-bond acceptors (Lipinski definition) is 29. The van der Waals surface area contributed by atoms with Gasteiger partial charge in [0.1, 0.15) is 0 Å². The second-order valence-corrected chi connectivity index (χ2v) is 24.8. The highest BCUT2D eigenvalue weighted by Gasteiger charge is 2.22. The zero-order valence-electron chi connectivity index (χ0n) is 67.3. The van der Waals surface area contributed by atoms with Gasteiger partial charge >= 0.3 is 0 Å². The molecule has 33 heteroatoms. The standard InChI is InChI=1S/C80H136ClN3O29/c81-18-7-1-2-8-21-88-25-27-90-24-20-83-79(86)17-22-89-26-29-92-31-33-94-35-37-96-39-41-98-43-45-100-47-49-102-51-53-104-55-57-106-59-61-108-63-65-110-67-69-112-71-72-113-70-68-111-66-64-109-62-60-107-58-56-105-54-52-103-50-48-101-46-44-99-42-40-97-38-36-95-34-32-93-30-28-91-23-19-82-78(85)15-16-80(87)84-73-76-11-4-3-9-74(76)13-14-75-10-5-6-12-77(75)84/h3-6,9-12H,1-2,7-8,15-73H2,(H,82,85)(H,83,86). The van der Waals surface area contributed by atoms with E-state index in [1.54, 1.807) is 4.90 Å². The lowest BCUT2D eigenvalue weighted by Gasteiger charge is -2.26. The number of nitrogens with one attached hydrogen (secondary N) is 2. The van der Waals surface area contributed by atoms with Gasteiger partial charge in [-0.15, -0.1) is 11.6 Å². The zero-order valence-corrected chi connectivity index (χ0v) is 68.1. The summed E-state index contributed by atoms with van der Waals surface area (Å²) in [5.41, 5.74) is 3.38. The molecule has 3 amide bonds. The Balaban J connectivity index is 0.853. The van der Waals surface area contributed by atoms with Crippen LogP contribution in [0, 0.1) is 11.8 Å². The number of hydrogen-bond donors (Lipinski definition) is 2. The van der Waals surface area contributed by atoms with Crippen LogP contribution in [0.5, 0.6) is 0 Å². The summed E-state index contributed by atoms with van der Waals surface area (Å²) >= 11 is 5.67. The Labute approximate surface area is 676 Å². The fraction of sp³-hybridized carbons (Fsp3) is 0.787. The van der Waals surface area contributed by atoms with Crippen molar-refractivity contribution >= 4 is 35.0 Å². The molecule has 0 atom stereocenters. The quantitative estimate of drug-likeness (QED) is 0.0520. The summed E-state index contributed by atoms with van der Waals surface area (Å²) in [5.74, 6) is 6.71. The van der Waals surface area contributed by atoms with Crippen LogP contribution < -0.4 is 15.5 Å². The summed E-state index contributed by atoms with van der Waals surface area (Å²) in [6.07, 6.45) is 4.81. The van der Waals surface area contributed by atoms with E-state index in [0.29, 0.717) is 357 Å². The summed E-state index contributed by atoms with van der Waals surface area (Å²) in [4.78, 5) is 39.5. The average Bonchev–Trinajstić information content (AvgIpc) is 0.806. The number of benzene rings is 2. The molecule has 0 unspecified atom stereocenters. The topological polar surface area (TPSA) is 318 Å². The van der Waals surface area contributed by atoms with Gasteiger partial charge in [0.25, 0.3) is 0 Å². The summed E-state index contributed by atoms with van der Waals surface area (Å²) in [7, 11) is 0. The van der Waals surface area contributed by atoms with Gasteiger partial charge in [-0.05, 0) is 36.6 Å². The molecule has 1 heterocycles. The first-order chi connectivity index (χ1) is 56.1. The summed E-state index contributed by atoms with van der Waals surface area (Å²) in [5, 5.41) is 5.64. The second kappa shape index (κ2) is 84.1. The van der Waals surface area contributed by atoms with Gasteiger partial charge in [-0.2, -0.15) is 0 Å². The highest BCUT2D eigenvalue weighted by atomic mass is 35.5. The number of fused-ring (bicyclic) bond motifs is 2. The number of halogens is 1. The van der Waals surface area contributed by atoms with Crippen LogP contribution in [0.3, 0.4) is 0 Å². The summed E-state index contributed by atoms with van der Waals surface area (Å²) in [6.45, 7) is 25.3. The first-order valence-electron chi connectivity index (χ1n) is 40.2. The highest BCUT2D eigenvalue weighted by molar-refractivity contribution is 6.17. The van der Waals surface area contributed by atoms with E-state index >= 15 is 0 Å². The molecule has 2 N–H and O–H groups in total. The van der Waals surface area contributed by atoms with Gasteiger partial charge in [0.2, 0.25) is 17.7 Å². The lowest BCUT2D eigenvalue weighted by atomic mass is 10.0. The van der Waals surface area contributed by atoms with Crippen LogP contribution in [0.25, 0.3) is 0 Å². The lowest BCUT2D eigenvalue weighted by molar-refractivity contribution is -0.125. The molecular formula is C80H136ClN3O29. The molecule has 0 saturated carbocycles. The first kappa shape index (κ1) is 103. The van der Waals surface area contributed by atoms with E-state index in [9.17, 15) is 14.4 Å². The third-order valence-corrected chi connectivity index (χ3v) is 15.7. The van der Waals surface area contributed by atoms with Crippen LogP contribution in [-0.2, 0) is 144 Å². The molecule has 3 rings (SSSR count). The smallest absolute Gasteiger partial charge is 0.227 e. The molecule has 0 bridgehead atoms. The van der Waals surface area contributed by atoms with E-state index in [-0.39, 0.29) is 37.0 Å². The highest BCUT2D eigenvalue weighted by Crippen LogP contribution is 2.26. The maximum absolute atomic E-state index is 13.4. The molecule has 0 aliphatic carbocycles. The molecular weight excluding hydrogens is 1500 g/mol. The number of alkyl halides is 1. The minimum absolute atomic E-state index is 0.0744. The van der Waals surface area contributed by atoms with Crippen molar-refractivity contribution in [3.8, 4) is 11.8 Å². The maximum Gasteiger partial charge on any atom is 0.227 e. The van der Waals surface area contributed by atoms with E-state index in [4.69, 9.17) is 135 Å². The van der Waals surface area contributed by atoms with Crippen molar-refractivity contribution in [1.82, 2.24) is 10.6 Å². The largest absolute Gasteiger partial charge is 0.379 e. The van der Waals surface area contributed by atoms with Crippen LogP contribution in [-0.4, -0.2) is 380 Å². The number of nitrogens with zero attached hydrogens (tertiary/aromatic N) is 1. The fourth-order valence-corrected chi connectivity index (χ4v) is 9.75. The van der Waals surface area contributed by atoms with E-state index < -0.39 is 0 Å². The molecule has 0 aromatic heterocycles. The van der Waals surface area contributed by atoms with E-state index in [0.717, 1.165) is 60.5 Å². The van der Waals surface area contributed by atoms with Gasteiger partial charge in [0, 0.05) is 56.0 Å². The number of para-hydroxylation sites is 1. The Bertz CT molecular complexity index is 2480. The molecule has 2 aromatic rings. The Morgan fingerprint density at radius 2 is 0.504 bits per heavy atom. The molecule has 0 fully saturated rings. The van der Waals surface area contributed by atoms with Crippen molar-refractivity contribution in [2.45, 2.75) is 51.5 Å². The fourth-order valence-electron chi connectivity index (χ4n) is 9.56. The molecule has 0 saturated heterocycles. The number of amides is 3. The van der Waals surface area contributed by atoms with Crippen LogP contribution >= 0.6 is 11.6 Å². The van der Waals surface area contributed by atoms with Crippen LogP contribution in [0.1, 0.15) is 61.6 Å². The molecule has 1 aliphatic rings. The van der Waals surface area contributed by atoms with Crippen molar-refractivity contribution < 1.29 is 138 Å². The summed E-state index contributed by atoms with van der Waals surface area (Å²) in [6, 6.07) is 15.4. The van der Waals surface area contributed by atoms with Gasteiger partial charge in [-0.1, -0.05) is 55.0 Å². The number of anilines is 1. The molecule has 0 radical (unpaired) electrons. The number of ether oxygens (including phenoxy) is 26. The van der Waals surface area contributed by atoms with Crippen LogP contribution in [0.15, 0.2) is 48.5 Å².